The van der Waals surface area contributed by atoms with Crippen LogP contribution in [0, 0.1) is 22.7 Å². The third-order valence-corrected chi connectivity index (χ3v) is 3.73. The number of morpholine rings is 1. The summed E-state index contributed by atoms with van der Waals surface area (Å²) >= 11 is 1.48. The van der Waals surface area contributed by atoms with E-state index in [2.05, 4.69) is 9.88 Å². The number of thiazole rings is 1. The number of allylic oxidation sites excluding steroid dienone is 1. The molecule has 19 heavy (non-hydrogen) atoms. The first-order chi connectivity index (χ1) is 9.12. The number of ether oxygens (including phenoxy) is 1. The number of anilines is 1. The van der Waals surface area contributed by atoms with E-state index in [1.165, 1.54) is 11.3 Å². The van der Waals surface area contributed by atoms with Crippen LogP contribution < -0.4 is 4.90 Å². The average Bonchev–Trinajstić information content (AvgIpc) is 2.83. The van der Waals surface area contributed by atoms with Crippen molar-refractivity contribution in [2.24, 2.45) is 0 Å². The Hall–Kier alpha value is -1.89. The van der Waals surface area contributed by atoms with E-state index in [4.69, 9.17) is 15.3 Å². The van der Waals surface area contributed by atoms with Gasteiger partial charge in [0.1, 0.15) is 17.7 Å². The highest BCUT2D eigenvalue weighted by Crippen LogP contribution is 2.27. The number of aromatic nitrogens is 1. The molecule has 2 atom stereocenters. The van der Waals surface area contributed by atoms with Gasteiger partial charge in [0.25, 0.3) is 0 Å². The van der Waals surface area contributed by atoms with Gasteiger partial charge >= 0.3 is 0 Å². The van der Waals surface area contributed by atoms with Crippen molar-refractivity contribution in [1.29, 1.82) is 10.5 Å². The van der Waals surface area contributed by atoms with Gasteiger partial charge in [-0.2, -0.15) is 10.5 Å². The monoisotopic (exact) mass is 274 g/mol. The fraction of sp³-hybridized carbons (Fsp3) is 0.462. The van der Waals surface area contributed by atoms with Crippen molar-refractivity contribution in [3.63, 3.8) is 0 Å². The predicted molar refractivity (Wildman–Crippen MR) is 73.5 cm³/mol. The van der Waals surface area contributed by atoms with Gasteiger partial charge in [-0.15, -0.1) is 0 Å². The summed E-state index contributed by atoms with van der Waals surface area (Å²) < 4.78 is 5.68. The summed E-state index contributed by atoms with van der Waals surface area (Å²) in [5.74, 6) is 0. The highest BCUT2D eigenvalue weighted by Gasteiger charge is 2.24. The molecule has 0 spiro atoms. The molecule has 0 bridgehead atoms. The second kappa shape index (κ2) is 5.83. The molecule has 0 radical (unpaired) electrons. The molecule has 5 nitrogen and oxygen atoms in total. The highest BCUT2D eigenvalue weighted by molar-refractivity contribution is 7.16. The van der Waals surface area contributed by atoms with Gasteiger partial charge in [0.2, 0.25) is 0 Å². The van der Waals surface area contributed by atoms with Crippen molar-refractivity contribution in [2.75, 3.05) is 18.0 Å². The van der Waals surface area contributed by atoms with Crippen molar-refractivity contribution in [3.8, 4) is 12.1 Å². The van der Waals surface area contributed by atoms with Crippen molar-refractivity contribution >= 4 is 22.5 Å². The van der Waals surface area contributed by atoms with Crippen molar-refractivity contribution in [2.45, 2.75) is 26.1 Å². The van der Waals surface area contributed by atoms with Crippen LogP contribution in [0.5, 0.6) is 0 Å². The first-order valence-electron chi connectivity index (χ1n) is 6.00. The molecule has 1 aliphatic heterocycles. The van der Waals surface area contributed by atoms with Gasteiger partial charge < -0.3 is 9.64 Å². The summed E-state index contributed by atoms with van der Waals surface area (Å²) in [5, 5.41) is 18.4. The van der Waals surface area contributed by atoms with Crippen LogP contribution in [-0.2, 0) is 4.74 Å². The Balaban J connectivity index is 2.16. The van der Waals surface area contributed by atoms with E-state index in [0.29, 0.717) is 0 Å². The first kappa shape index (κ1) is 13.5. The lowest BCUT2D eigenvalue weighted by Crippen LogP contribution is -2.45. The van der Waals surface area contributed by atoms with E-state index in [9.17, 15) is 0 Å². The number of rotatable bonds is 2. The van der Waals surface area contributed by atoms with E-state index in [-0.39, 0.29) is 17.8 Å². The minimum atomic E-state index is 0.0962. The SMILES string of the molecule is CC1CN(c2ncc(C=C(C#N)C#N)s2)CC(C)O1. The Morgan fingerprint density at radius 2 is 2.05 bits per heavy atom. The van der Waals surface area contributed by atoms with Gasteiger partial charge in [0.15, 0.2) is 5.13 Å². The molecule has 1 fully saturated rings. The maximum atomic E-state index is 8.73. The molecule has 0 aliphatic carbocycles. The summed E-state index contributed by atoms with van der Waals surface area (Å²) in [7, 11) is 0. The third kappa shape index (κ3) is 3.31. The van der Waals surface area contributed by atoms with E-state index in [1.54, 1.807) is 12.3 Å². The zero-order chi connectivity index (χ0) is 13.8. The maximum Gasteiger partial charge on any atom is 0.186 e. The van der Waals surface area contributed by atoms with Gasteiger partial charge in [-0.05, 0) is 19.9 Å². The lowest BCUT2D eigenvalue weighted by Gasteiger charge is -2.35. The van der Waals surface area contributed by atoms with Crippen LogP contribution in [0.4, 0.5) is 5.13 Å². The standard InChI is InChI=1S/C13H14N4OS/c1-9-7-17(8-10(2)18-9)13-16-6-12(19-13)3-11(4-14)5-15/h3,6,9-10H,7-8H2,1-2H3. The Labute approximate surface area is 116 Å². The molecule has 1 aromatic rings. The smallest absolute Gasteiger partial charge is 0.186 e. The molecule has 2 heterocycles. The van der Waals surface area contributed by atoms with Crippen molar-refractivity contribution < 1.29 is 4.74 Å². The molecule has 0 aromatic carbocycles. The van der Waals surface area contributed by atoms with Gasteiger partial charge in [-0.25, -0.2) is 4.98 Å². The average molecular weight is 274 g/mol. The summed E-state index contributed by atoms with van der Waals surface area (Å²) in [6.45, 7) is 5.70. The van der Waals surface area contributed by atoms with Gasteiger partial charge in [-0.3, -0.25) is 0 Å². The van der Waals surface area contributed by atoms with Crippen LogP contribution in [0.2, 0.25) is 0 Å². The normalized spacial score (nSPS) is 22.4. The van der Waals surface area contributed by atoms with Crippen LogP contribution in [0.1, 0.15) is 18.7 Å². The fourth-order valence-corrected chi connectivity index (χ4v) is 2.93. The summed E-state index contributed by atoms with van der Waals surface area (Å²) in [5.41, 5.74) is 0.0962. The van der Waals surface area contributed by atoms with Crippen molar-refractivity contribution in [1.82, 2.24) is 4.98 Å². The fourth-order valence-electron chi connectivity index (χ4n) is 2.06. The van der Waals surface area contributed by atoms with Crippen LogP contribution in [0.3, 0.4) is 0 Å². The molecule has 2 rings (SSSR count). The van der Waals surface area contributed by atoms with Gasteiger partial charge in [-0.1, -0.05) is 11.3 Å². The topological polar surface area (TPSA) is 72.9 Å². The molecule has 6 heteroatoms. The van der Waals surface area contributed by atoms with E-state index >= 15 is 0 Å². The Morgan fingerprint density at radius 3 is 2.63 bits per heavy atom. The van der Waals surface area contributed by atoms with Crippen molar-refractivity contribution in [3.05, 3.63) is 16.6 Å². The van der Waals surface area contributed by atoms with Gasteiger partial charge in [0, 0.05) is 19.3 Å². The second-order valence-corrected chi connectivity index (χ2v) is 5.53. The third-order valence-electron chi connectivity index (χ3n) is 2.73. The Morgan fingerprint density at radius 1 is 1.42 bits per heavy atom. The Kier molecular flexibility index (Phi) is 4.16. The minimum absolute atomic E-state index is 0.0962. The molecule has 0 N–H and O–H groups in total. The lowest BCUT2D eigenvalue weighted by atomic mass is 10.2. The molecule has 0 amide bonds. The first-order valence-corrected chi connectivity index (χ1v) is 6.82. The van der Waals surface area contributed by atoms with Gasteiger partial charge in [0.05, 0.1) is 17.1 Å². The van der Waals surface area contributed by atoms with Crippen LogP contribution in [0.25, 0.3) is 6.08 Å². The number of nitrogens with zero attached hydrogens (tertiary/aromatic N) is 4. The van der Waals surface area contributed by atoms with Crippen LogP contribution in [0.15, 0.2) is 11.8 Å². The maximum absolute atomic E-state index is 8.73. The van der Waals surface area contributed by atoms with E-state index in [1.807, 2.05) is 26.0 Å². The minimum Gasteiger partial charge on any atom is -0.372 e. The lowest BCUT2D eigenvalue weighted by molar-refractivity contribution is -0.00522. The molecular formula is C13H14N4OS. The van der Waals surface area contributed by atoms with E-state index < -0.39 is 0 Å². The molecule has 1 saturated heterocycles. The number of hydrogen-bond acceptors (Lipinski definition) is 6. The molecule has 98 valence electrons. The Bertz CT molecular complexity index is 540. The highest BCUT2D eigenvalue weighted by atomic mass is 32.1. The summed E-state index contributed by atoms with van der Waals surface area (Å²) in [6.07, 6.45) is 3.62. The molecule has 0 saturated carbocycles. The quantitative estimate of drug-likeness (QED) is 0.773. The molecule has 1 aliphatic rings. The zero-order valence-corrected chi connectivity index (χ0v) is 11.6. The summed E-state index contributed by atoms with van der Waals surface area (Å²) in [6, 6.07) is 3.70. The summed E-state index contributed by atoms with van der Waals surface area (Å²) in [4.78, 5) is 7.36. The zero-order valence-electron chi connectivity index (χ0n) is 10.8. The number of hydrogen-bond donors (Lipinski definition) is 0. The molecule has 2 unspecified atom stereocenters. The van der Waals surface area contributed by atoms with Crippen LogP contribution in [-0.4, -0.2) is 30.3 Å². The molecule has 1 aromatic heterocycles. The second-order valence-electron chi connectivity index (χ2n) is 4.49. The predicted octanol–water partition coefficient (Wildman–Crippen LogP) is 2.19. The number of nitriles is 2. The van der Waals surface area contributed by atoms with E-state index in [0.717, 1.165) is 23.1 Å². The largest absolute Gasteiger partial charge is 0.372 e. The molecular weight excluding hydrogens is 260 g/mol. The van der Waals surface area contributed by atoms with Crippen LogP contribution >= 0.6 is 11.3 Å².